The zero-order valence-electron chi connectivity index (χ0n) is 9.92. The van der Waals surface area contributed by atoms with E-state index in [1.807, 2.05) is 0 Å². The average Bonchev–Trinajstić information content (AvgIpc) is 2.75. The first kappa shape index (κ1) is 13.1. The SMILES string of the molecule is Cn1nccc1C(=O)Nc1cccc(Cl)c1C(=O)O. The Morgan fingerprint density at radius 2 is 2.11 bits per heavy atom. The van der Waals surface area contributed by atoms with Crippen molar-refractivity contribution >= 4 is 29.2 Å². The van der Waals surface area contributed by atoms with E-state index in [9.17, 15) is 9.59 Å². The van der Waals surface area contributed by atoms with Gasteiger partial charge in [-0.25, -0.2) is 4.79 Å². The highest BCUT2D eigenvalue weighted by atomic mass is 35.5. The van der Waals surface area contributed by atoms with E-state index in [-0.39, 0.29) is 16.3 Å². The van der Waals surface area contributed by atoms with Crippen LogP contribution in [0.3, 0.4) is 0 Å². The van der Waals surface area contributed by atoms with Crippen molar-refractivity contribution in [3.63, 3.8) is 0 Å². The van der Waals surface area contributed by atoms with Crippen LogP contribution in [0.15, 0.2) is 30.5 Å². The van der Waals surface area contributed by atoms with E-state index in [0.717, 1.165) is 0 Å². The molecule has 0 atom stereocenters. The van der Waals surface area contributed by atoms with Gasteiger partial charge in [0.05, 0.1) is 10.7 Å². The maximum absolute atomic E-state index is 12.0. The van der Waals surface area contributed by atoms with Gasteiger partial charge in [0.2, 0.25) is 0 Å². The second kappa shape index (κ2) is 5.11. The lowest BCUT2D eigenvalue weighted by Crippen LogP contribution is -2.18. The van der Waals surface area contributed by atoms with Crippen molar-refractivity contribution < 1.29 is 14.7 Å². The standard InChI is InChI=1S/C12H10ClN3O3/c1-16-9(5-6-14-16)11(17)15-8-4-2-3-7(13)10(8)12(18)19/h2-6H,1H3,(H,15,17)(H,18,19). The summed E-state index contributed by atoms with van der Waals surface area (Å²) in [4.78, 5) is 23.1. The molecular formula is C12H10ClN3O3. The van der Waals surface area contributed by atoms with Gasteiger partial charge in [0.15, 0.2) is 0 Å². The Hall–Kier alpha value is -2.34. The summed E-state index contributed by atoms with van der Waals surface area (Å²) in [6, 6.07) is 6.02. The first-order valence-electron chi connectivity index (χ1n) is 5.32. The molecule has 6 nitrogen and oxygen atoms in total. The predicted octanol–water partition coefficient (Wildman–Crippen LogP) is 2.02. The average molecular weight is 280 g/mol. The van der Waals surface area contributed by atoms with Crippen LogP contribution >= 0.6 is 11.6 Å². The first-order valence-corrected chi connectivity index (χ1v) is 5.69. The number of benzene rings is 1. The molecule has 0 bridgehead atoms. The zero-order valence-corrected chi connectivity index (χ0v) is 10.7. The van der Waals surface area contributed by atoms with Gasteiger partial charge in [0.1, 0.15) is 11.3 Å². The maximum atomic E-state index is 12.0. The second-order valence-electron chi connectivity index (χ2n) is 3.76. The van der Waals surface area contributed by atoms with Gasteiger partial charge in [-0.15, -0.1) is 0 Å². The van der Waals surface area contributed by atoms with Crippen LogP contribution < -0.4 is 5.32 Å². The molecule has 1 aromatic carbocycles. The topological polar surface area (TPSA) is 84.2 Å². The highest BCUT2D eigenvalue weighted by Crippen LogP contribution is 2.24. The number of carbonyl (C=O) groups excluding carboxylic acids is 1. The molecule has 0 saturated carbocycles. The number of rotatable bonds is 3. The Balaban J connectivity index is 2.35. The number of hydrogen-bond donors (Lipinski definition) is 2. The van der Waals surface area contributed by atoms with Crippen LogP contribution in [0.4, 0.5) is 5.69 Å². The molecule has 0 spiro atoms. The number of nitrogens with zero attached hydrogens (tertiary/aromatic N) is 2. The lowest BCUT2D eigenvalue weighted by Gasteiger charge is -2.09. The van der Waals surface area contributed by atoms with Crippen LogP contribution in [0.5, 0.6) is 0 Å². The summed E-state index contributed by atoms with van der Waals surface area (Å²) in [6.07, 6.45) is 1.48. The Bertz CT molecular complexity index is 651. The molecule has 0 fully saturated rings. The minimum Gasteiger partial charge on any atom is -0.478 e. The van der Waals surface area contributed by atoms with E-state index < -0.39 is 11.9 Å². The molecule has 7 heteroatoms. The van der Waals surface area contributed by atoms with Gasteiger partial charge in [0.25, 0.3) is 5.91 Å². The Morgan fingerprint density at radius 1 is 1.37 bits per heavy atom. The molecule has 1 heterocycles. The number of anilines is 1. The van der Waals surface area contributed by atoms with Crippen molar-refractivity contribution in [3.8, 4) is 0 Å². The number of nitrogens with one attached hydrogen (secondary N) is 1. The van der Waals surface area contributed by atoms with E-state index in [4.69, 9.17) is 16.7 Å². The smallest absolute Gasteiger partial charge is 0.339 e. The van der Waals surface area contributed by atoms with Crippen LogP contribution in [-0.2, 0) is 7.05 Å². The highest BCUT2D eigenvalue weighted by molar-refractivity contribution is 6.34. The van der Waals surface area contributed by atoms with Crippen LogP contribution in [0.1, 0.15) is 20.8 Å². The van der Waals surface area contributed by atoms with E-state index in [2.05, 4.69) is 10.4 Å². The molecule has 0 aliphatic carbocycles. The molecular weight excluding hydrogens is 270 g/mol. The molecule has 1 aromatic heterocycles. The third-order valence-electron chi connectivity index (χ3n) is 2.53. The van der Waals surface area contributed by atoms with Crippen molar-refractivity contribution in [1.82, 2.24) is 9.78 Å². The number of aromatic nitrogens is 2. The molecule has 0 unspecified atom stereocenters. The van der Waals surface area contributed by atoms with Crippen molar-refractivity contribution in [2.45, 2.75) is 0 Å². The van der Waals surface area contributed by atoms with Crippen molar-refractivity contribution in [1.29, 1.82) is 0 Å². The highest BCUT2D eigenvalue weighted by Gasteiger charge is 2.17. The fourth-order valence-electron chi connectivity index (χ4n) is 1.63. The number of carboxylic acids is 1. The lowest BCUT2D eigenvalue weighted by molar-refractivity contribution is 0.0698. The van der Waals surface area contributed by atoms with Crippen molar-refractivity contribution in [2.75, 3.05) is 5.32 Å². The monoisotopic (exact) mass is 279 g/mol. The quantitative estimate of drug-likeness (QED) is 0.900. The number of halogens is 1. The number of hydrogen-bond acceptors (Lipinski definition) is 3. The Kier molecular flexibility index (Phi) is 3.52. The lowest BCUT2D eigenvalue weighted by atomic mass is 10.1. The summed E-state index contributed by atoms with van der Waals surface area (Å²) in [6.45, 7) is 0. The van der Waals surface area contributed by atoms with Gasteiger partial charge in [0, 0.05) is 13.2 Å². The van der Waals surface area contributed by atoms with Crippen molar-refractivity contribution in [2.24, 2.45) is 7.05 Å². The summed E-state index contributed by atoms with van der Waals surface area (Å²) >= 11 is 5.81. The first-order chi connectivity index (χ1) is 9.00. The molecule has 1 amide bonds. The van der Waals surface area contributed by atoms with Gasteiger partial charge in [-0.3, -0.25) is 9.48 Å². The summed E-state index contributed by atoms with van der Waals surface area (Å²) in [5, 5.41) is 15.5. The van der Waals surface area contributed by atoms with Crippen LogP contribution in [0, 0.1) is 0 Å². The number of carbonyl (C=O) groups is 2. The molecule has 0 radical (unpaired) electrons. The number of aryl methyl sites for hydroxylation is 1. The van der Waals surface area contributed by atoms with Gasteiger partial charge >= 0.3 is 5.97 Å². The normalized spacial score (nSPS) is 10.2. The van der Waals surface area contributed by atoms with E-state index >= 15 is 0 Å². The number of aromatic carboxylic acids is 1. The number of carboxylic acid groups (broad SMARTS) is 1. The summed E-state index contributed by atoms with van der Waals surface area (Å²) in [7, 11) is 1.62. The van der Waals surface area contributed by atoms with Crippen LogP contribution in [0.2, 0.25) is 5.02 Å². The molecule has 2 rings (SSSR count). The van der Waals surface area contributed by atoms with E-state index in [1.165, 1.54) is 29.1 Å². The largest absolute Gasteiger partial charge is 0.478 e. The molecule has 98 valence electrons. The molecule has 2 aromatic rings. The van der Waals surface area contributed by atoms with Crippen LogP contribution in [-0.4, -0.2) is 26.8 Å². The van der Waals surface area contributed by atoms with Gasteiger partial charge in [-0.1, -0.05) is 17.7 Å². The summed E-state index contributed by atoms with van der Waals surface area (Å²) in [5.41, 5.74) is 0.321. The Labute approximate surface area is 113 Å². The summed E-state index contributed by atoms with van der Waals surface area (Å²) < 4.78 is 1.39. The van der Waals surface area contributed by atoms with Gasteiger partial charge < -0.3 is 10.4 Å². The van der Waals surface area contributed by atoms with Crippen LogP contribution in [0.25, 0.3) is 0 Å². The maximum Gasteiger partial charge on any atom is 0.339 e. The minimum atomic E-state index is -1.20. The van der Waals surface area contributed by atoms with Crippen molar-refractivity contribution in [3.05, 3.63) is 46.7 Å². The fraction of sp³-hybridized carbons (Fsp3) is 0.0833. The third-order valence-corrected chi connectivity index (χ3v) is 2.84. The Morgan fingerprint density at radius 3 is 2.68 bits per heavy atom. The molecule has 2 N–H and O–H groups in total. The molecule has 0 saturated heterocycles. The van der Waals surface area contributed by atoms with E-state index in [1.54, 1.807) is 13.1 Å². The molecule has 0 aliphatic heterocycles. The molecule has 19 heavy (non-hydrogen) atoms. The third kappa shape index (κ3) is 2.58. The molecule has 0 aliphatic rings. The predicted molar refractivity (Wildman–Crippen MR) is 69.6 cm³/mol. The van der Waals surface area contributed by atoms with Gasteiger partial charge in [-0.2, -0.15) is 5.10 Å². The fourth-order valence-corrected chi connectivity index (χ4v) is 1.88. The van der Waals surface area contributed by atoms with Gasteiger partial charge in [-0.05, 0) is 18.2 Å². The van der Waals surface area contributed by atoms with E-state index in [0.29, 0.717) is 5.69 Å². The second-order valence-corrected chi connectivity index (χ2v) is 4.17. The number of amides is 1. The summed E-state index contributed by atoms with van der Waals surface area (Å²) in [5.74, 6) is -1.66. The minimum absolute atomic E-state index is 0.0651. The zero-order chi connectivity index (χ0) is 14.0.